The second-order valence-electron chi connectivity index (χ2n) is 11.4. The van der Waals surface area contributed by atoms with E-state index in [4.69, 9.17) is 10.5 Å². The van der Waals surface area contributed by atoms with Gasteiger partial charge in [0, 0.05) is 61.7 Å². The fourth-order valence-electron chi connectivity index (χ4n) is 4.86. The van der Waals surface area contributed by atoms with E-state index >= 15 is 0 Å². The zero-order chi connectivity index (χ0) is 36.5. The van der Waals surface area contributed by atoms with Gasteiger partial charge in [0.25, 0.3) is 17.7 Å². The molecule has 49 heavy (non-hydrogen) atoms. The SMILES string of the molecule is CCCN(CCC)C(=O)c1cc(C(N)=O)cc(C(=O)NCC(O)C(O)C(CCOC)NC(=O)c2ccccc2)c1.Cc1cc(F)cc(F)c1. The van der Waals surface area contributed by atoms with E-state index in [1.807, 2.05) is 13.8 Å². The Morgan fingerprint density at radius 1 is 0.837 bits per heavy atom. The third kappa shape index (κ3) is 13.4. The number of aliphatic hydroxyl groups is 2. The molecule has 0 aromatic heterocycles. The average molecular weight is 685 g/mol. The third-order valence-electron chi connectivity index (χ3n) is 7.27. The lowest BCUT2D eigenvalue weighted by Gasteiger charge is -2.28. The van der Waals surface area contributed by atoms with Crippen LogP contribution in [0.5, 0.6) is 0 Å². The molecular weight excluding hydrogens is 638 g/mol. The van der Waals surface area contributed by atoms with Crippen LogP contribution in [-0.2, 0) is 4.74 Å². The van der Waals surface area contributed by atoms with Gasteiger partial charge in [-0.25, -0.2) is 8.78 Å². The van der Waals surface area contributed by atoms with Crippen LogP contribution >= 0.6 is 0 Å². The first-order valence-corrected chi connectivity index (χ1v) is 16.0. The van der Waals surface area contributed by atoms with Crippen molar-refractivity contribution in [2.75, 3.05) is 33.4 Å². The third-order valence-corrected chi connectivity index (χ3v) is 7.27. The number of methoxy groups -OCH3 is 1. The van der Waals surface area contributed by atoms with Gasteiger partial charge in [0.2, 0.25) is 5.91 Å². The van der Waals surface area contributed by atoms with Crippen molar-refractivity contribution >= 4 is 23.6 Å². The maximum Gasteiger partial charge on any atom is 0.253 e. The Hall–Kier alpha value is -4.72. The molecule has 4 amide bonds. The monoisotopic (exact) mass is 684 g/mol. The van der Waals surface area contributed by atoms with Gasteiger partial charge >= 0.3 is 0 Å². The molecule has 3 rings (SSSR count). The van der Waals surface area contributed by atoms with E-state index in [9.17, 15) is 38.2 Å². The molecule has 0 heterocycles. The molecule has 3 aromatic carbocycles. The molecule has 13 heteroatoms. The van der Waals surface area contributed by atoms with Gasteiger partial charge in [-0.15, -0.1) is 0 Å². The Balaban J connectivity index is 0.000000797. The number of benzene rings is 3. The average Bonchev–Trinajstić information content (AvgIpc) is 3.07. The molecule has 0 spiro atoms. The molecule has 3 unspecified atom stereocenters. The van der Waals surface area contributed by atoms with Crippen molar-refractivity contribution in [3.8, 4) is 0 Å². The van der Waals surface area contributed by atoms with Crippen LogP contribution in [0.3, 0.4) is 0 Å². The lowest BCUT2D eigenvalue weighted by molar-refractivity contribution is -0.00800. The first-order valence-electron chi connectivity index (χ1n) is 16.0. The smallest absolute Gasteiger partial charge is 0.253 e. The summed E-state index contributed by atoms with van der Waals surface area (Å²) in [5, 5.41) is 26.7. The molecule has 6 N–H and O–H groups in total. The van der Waals surface area contributed by atoms with E-state index in [-0.39, 0.29) is 42.2 Å². The predicted octanol–water partition coefficient (Wildman–Crippen LogP) is 3.61. The number of hydrogen-bond acceptors (Lipinski definition) is 7. The van der Waals surface area contributed by atoms with Gasteiger partial charge in [-0.3, -0.25) is 19.2 Å². The van der Waals surface area contributed by atoms with Crippen molar-refractivity contribution in [2.45, 2.75) is 58.3 Å². The highest BCUT2D eigenvalue weighted by atomic mass is 19.1. The molecular formula is C36H46F2N4O7. The molecule has 3 aromatic rings. The highest BCUT2D eigenvalue weighted by molar-refractivity contribution is 6.04. The highest BCUT2D eigenvalue weighted by Crippen LogP contribution is 2.15. The lowest BCUT2D eigenvalue weighted by atomic mass is 10.0. The zero-order valence-electron chi connectivity index (χ0n) is 28.2. The van der Waals surface area contributed by atoms with Gasteiger partial charge in [-0.2, -0.15) is 0 Å². The van der Waals surface area contributed by atoms with E-state index in [0.717, 1.165) is 18.9 Å². The first-order chi connectivity index (χ1) is 23.3. The second-order valence-corrected chi connectivity index (χ2v) is 11.4. The van der Waals surface area contributed by atoms with Crippen LogP contribution in [0.25, 0.3) is 0 Å². The topological polar surface area (TPSA) is 171 Å². The number of nitrogens with one attached hydrogen (secondary N) is 2. The molecule has 0 saturated heterocycles. The minimum Gasteiger partial charge on any atom is -0.388 e. The minimum absolute atomic E-state index is 0.00241. The van der Waals surface area contributed by atoms with Crippen molar-refractivity contribution in [1.82, 2.24) is 15.5 Å². The number of aliphatic hydroxyl groups excluding tert-OH is 2. The number of nitrogens with two attached hydrogens (primary N) is 1. The molecule has 0 bridgehead atoms. The Kier molecular flexibility index (Phi) is 17.0. The van der Waals surface area contributed by atoms with Crippen molar-refractivity contribution < 1.29 is 42.9 Å². The Bertz CT molecular complexity index is 1480. The molecule has 0 aliphatic rings. The number of primary amides is 1. The fourth-order valence-corrected chi connectivity index (χ4v) is 4.86. The van der Waals surface area contributed by atoms with E-state index in [1.54, 1.807) is 42.2 Å². The van der Waals surface area contributed by atoms with Crippen molar-refractivity contribution in [2.24, 2.45) is 5.73 Å². The summed E-state index contributed by atoms with van der Waals surface area (Å²) in [6, 6.07) is 15.0. The summed E-state index contributed by atoms with van der Waals surface area (Å²) in [6.45, 7) is 6.41. The van der Waals surface area contributed by atoms with Gasteiger partial charge in [-0.1, -0.05) is 32.0 Å². The van der Waals surface area contributed by atoms with Crippen LogP contribution in [0.15, 0.2) is 66.7 Å². The summed E-state index contributed by atoms with van der Waals surface area (Å²) in [5.74, 6) is -3.28. The number of amides is 4. The normalized spacial score (nSPS) is 12.5. The maximum atomic E-state index is 13.1. The molecule has 0 saturated carbocycles. The standard InChI is InChI=1S/C29H40N4O7.C7H6F2/c1-4-12-33(13-5-2)29(39)22-16-20(26(30)36)15-21(17-22)27(37)31-18-24(34)25(35)23(11-14-40-3)32-28(38)19-9-7-6-8-10-19;1-5-2-6(8)4-7(9)3-5/h6-10,15-17,23-25,34-35H,4-5,11-14,18H2,1-3H3,(H2,30,36)(H,31,37)(H,32,38);2-4H,1H3. The fraction of sp³-hybridized carbons (Fsp3) is 0.389. The predicted molar refractivity (Wildman–Crippen MR) is 181 cm³/mol. The number of halogens is 2. The first kappa shape index (κ1) is 40.5. The van der Waals surface area contributed by atoms with Gasteiger partial charge < -0.3 is 36.2 Å². The van der Waals surface area contributed by atoms with Gasteiger partial charge in [-0.05, 0) is 74.2 Å². The van der Waals surface area contributed by atoms with Gasteiger partial charge in [0.05, 0.1) is 12.1 Å². The number of aryl methyl sites for hydroxylation is 1. The van der Waals surface area contributed by atoms with Crippen molar-refractivity contribution in [3.63, 3.8) is 0 Å². The molecule has 0 fully saturated rings. The second kappa shape index (κ2) is 20.6. The summed E-state index contributed by atoms with van der Waals surface area (Å²) in [5.41, 5.74) is 6.58. The zero-order valence-corrected chi connectivity index (χ0v) is 28.2. The van der Waals surface area contributed by atoms with Gasteiger partial charge in [0.15, 0.2) is 0 Å². The Morgan fingerprint density at radius 2 is 1.41 bits per heavy atom. The summed E-state index contributed by atoms with van der Waals surface area (Å²) in [4.78, 5) is 52.3. The highest BCUT2D eigenvalue weighted by Gasteiger charge is 2.29. The molecule has 0 radical (unpaired) electrons. The molecule has 0 aliphatic heterocycles. The number of carbonyl (C=O) groups excluding carboxylic acids is 4. The number of ether oxygens (including phenoxy) is 1. The number of nitrogens with zero attached hydrogens (tertiary/aromatic N) is 1. The van der Waals surface area contributed by atoms with E-state index in [0.29, 0.717) is 24.2 Å². The van der Waals surface area contributed by atoms with Crippen LogP contribution in [0, 0.1) is 18.6 Å². The summed E-state index contributed by atoms with van der Waals surface area (Å²) >= 11 is 0. The number of hydrogen-bond donors (Lipinski definition) is 5. The largest absolute Gasteiger partial charge is 0.388 e. The Morgan fingerprint density at radius 3 is 1.94 bits per heavy atom. The minimum atomic E-state index is -1.45. The Labute approximate surface area is 285 Å². The molecule has 266 valence electrons. The summed E-state index contributed by atoms with van der Waals surface area (Å²) in [7, 11) is 1.47. The molecule has 0 aliphatic carbocycles. The number of carbonyl (C=O) groups is 4. The van der Waals surface area contributed by atoms with Crippen LogP contribution in [0.4, 0.5) is 8.78 Å². The number of rotatable bonds is 16. The summed E-state index contributed by atoms with van der Waals surface area (Å²) in [6.07, 6.45) is -1.20. The van der Waals surface area contributed by atoms with E-state index in [2.05, 4.69) is 10.6 Å². The van der Waals surface area contributed by atoms with Crippen molar-refractivity contribution in [3.05, 3.63) is 106 Å². The quantitative estimate of drug-likeness (QED) is 0.153. The van der Waals surface area contributed by atoms with Crippen LogP contribution in [-0.4, -0.2) is 90.3 Å². The van der Waals surface area contributed by atoms with Gasteiger partial charge in [0.1, 0.15) is 17.7 Å². The maximum absolute atomic E-state index is 13.1. The molecule has 11 nitrogen and oxygen atoms in total. The van der Waals surface area contributed by atoms with Crippen LogP contribution in [0.2, 0.25) is 0 Å². The van der Waals surface area contributed by atoms with E-state index < -0.39 is 47.6 Å². The summed E-state index contributed by atoms with van der Waals surface area (Å²) < 4.78 is 29.4. The van der Waals surface area contributed by atoms with Crippen LogP contribution in [0.1, 0.15) is 80.1 Å². The lowest BCUT2D eigenvalue weighted by Crippen LogP contribution is -2.52. The van der Waals surface area contributed by atoms with Crippen molar-refractivity contribution in [1.29, 1.82) is 0 Å². The van der Waals surface area contributed by atoms with Crippen LogP contribution < -0.4 is 16.4 Å². The molecule has 3 atom stereocenters. The van der Waals surface area contributed by atoms with E-state index in [1.165, 1.54) is 37.4 Å².